The zero-order valence-electron chi connectivity index (χ0n) is 9.75. The second kappa shape index (κ2) is 4.34. The number of anilines is 1. The minimum Gasteiger partial charge on any atom is -0.439 e. The highest BCUT2D eigenvalue weighted by atomic mass is 32.2. The molecule has 0 amide bonds. The number of nitrogens with two attached hydrogens (primary N) is 1. The van der Waals surface area contributed by atoms with Crippen LogP contribution in [0.4, 0.5) is 5.69 Å². The molecule has 3 rings (SSSR count). The van der Waals surface area contributed by atoms with E-state index < -0.39 is 0 Å². The van der Waals surface area contributed by atoms with Crippen LogP contribution < -0.4 is 5.73 Å². The Morgan fingerprint density at radius 2 is 2.17 bits per heavy atom. The summed E-state index contributed by atoms with van der Waals surface area (Å²) < 4.78 is 5.32. The Hall–Kier alpha value is -2.01. The number of nitrogen functional groups attached to an aromatic ring is 1. The molecule has 0 atom stereocenters. The van der Waals surface area contributed by atoms with Crippen LogP contribution in [0.25, 0.3) is 10.9 Å². The topological polar surface area (TPSA) is 64.9 Å². The lowest BCUT2D eigenvalue weighted by Crippen LogP contribution is -1.91. The van der Waals surface area contributed by atoms with E-state index in [1.807, 2.05) is 31.2 Å². The normalized spacial score (nSPS) is 10.9. The van der Waals surface area contributed by atoms with Crippen molar-refractivity contribution in [3.63, 3.8) is 0 Å². The third-order valence-electron chi connectivity index (χ3n) is 2.58. The van der Waals surface area contributed by atoms with Crippen molar-refractivity contribution >= 4 is 28.4 Å². The summed E-state index contributed by atoms with van der Waals surface area (Å²) in [5.41, 5.74) is 8.60. The molecule has 90 valence electrons. The van der Waals surface area contributed by atoms with Crippen molar-refractivity contribution in [3.05, 3.63) is 42.4 Å². The first-order valence-electron chi connectivity index (χ1n) is 5.47. The predicted molar refractivity (Wildman–Crippen MR) is 71.5 cm³/mol. The molecule has 2 aromatic heterocycles. The molecule has 0 saturated heterocycles. The van der Waals surface area contributed by atoms with E-state index in [-0.39, 0.29) is 0 Å². The minimum atomic E-state index is 0.599. The van der Waals surface area contributed by atoms with E-state index >= 15 is 0 Å². The zero-order valence-corrected chi connectivity index (χ0v) is 10.6. The first-order valence-corrected chi connectivity index (χ1v) is 6.29. The Morgan fingerprint density at radius 1 is 1.28 bits per heavy atom. The van der Waals surface area contributed by atoms with Gasteiger partial charge in [0, 0.05) is 16.5 Å². The molecule has 2 heterocycles. The number of aryl methyl sites for hydroxylation is 1. The summed E-state index contributed by atoms with van der Waals surface area (Å²) in [4.78, 5) is 9.45. The van der Waals surface area contributed by atoms with Gasteiger partial charge in [-0.05, 0) is 43.0 Å². The summed E-state index contributed by atoms with van der Waals surface area (Å²) in [5.74, 6) is 0. The number of aromatic nitrogens is 2. The summed E-state index contributed by atoms with van der Waals surface area (Å²) in [6.07, 6.45) is 3.38. The average molecular weight is 257 g/mol. The lowest BCUT2D eigenvalue weighted by molar-refractivity contribution is 0.454. The smallest absolute Gasteiger partial charge is 0.260 e. The number of hydrogen-bond acceptors (Lipinski definition) is 5. The standard InChI is InChI=1S/C13H11N3OS/c1-8-7-17-13(16-8)18-11-5-4-10-9(12(11)14)3-2-6-15-10/h2-7H,14H2,1H3. The first kappa shape index (κ1) is 11.1. The van der Waals surface area contributed by atoms with Gasteiger partial charge in [-0.25, -0.2) is 4.98 Å². The van der Waals surface area contributed by atoms with Crippen LogP contribution >= 0.6 is 11.8 Å². The molecule has 4 nitrogen and oxygen atoms in total. The average Bonchev–Trinajstić information content (AvgIpc) is 2.79. The van der Waals surface area contributed by atoms with Gasteiger partial charge in [0.2, 0.25) is 0 Å². The molecule has 0 radical (unpaired) electrons. The largest absolute Gasteiger partial charge is 0.439 e. The van der Waals surface area contributed by atoms with E-state index in [9.17, 15) is 0 Å². The maximum atomic E-state index is 6.14. The molecule has 0 aliphatic heterocycles. The molecule has 18 heavy (non-hydrogen) atoms. The van der Waals surface area contributed by atoms with Crippen molar-refractivity contribution in [2.24, 2.45) is 0 Å². The summed E-state index contributed by atoms with van der Waals surface area (Å²) in [6, 6.07) is 7.73. The van der Waals surface area contributed by atoms with Gasteiger partial charge >= 0.3 is 0 Å². The maximum absolute atomic E-state index is 6.14. The molecule has 0 bridgehead atoms. The van der Waals surface area contributed by atoms with Crippen LogP contribution in [0.5, 0.6) is 0 Å². The Morgan fingerprint density at radius 3 is 2.94 bits per heavy atom. The monoisotopic (exact) mass is 257 g/mol. The number of nitrogens with zero attached hydrogens (tertiary/aromatic N) is 2. The molecular formula is C13H11N3OS. The highest BCUT2D eigenvalue weighted by Gasteiger charge is 2.09. The van der Waals surface area contributed by atoms with E-state index in [1.165, 1.54) is 11.8 Å². The molecule has 2 N–H and O–H groups in total. The molecule has 0 aliphatic carbocycles. The van der Waals surface area contributed by atoms with Crippen molar-refractivity contribution in [1.29, 1.82) is 0 Å². The maximum Gasteiger partial charge on any atom is 0.260 e. The van der Waals surface area contributed by atoms with Gasteiger partial charge < -0.3 is 10.2 Å². The summed E-state index contributed by atoms with van der Waals surface area (Å²) in [6.45, 7) is 1.89. The van der Waals surface area contributed by atoms with Gasteiger partial charge in [-0.2, -0.15) is 0 Å². The minimum absolute atomic E-state index is 0.599. The van der Waals surface area contributed by atoms with Gasteiger partial charge in [-0.15, -0.1) is 0 Å². The molecule has 5 heteroatoms. The molecule has 0 unspecified atom stereocenters. The zero-order chi connectivity index (χ0) is 12.5. The number of fused-ring (bicyclic) bond motifs is 1. The van der Waals surface area contributed by atoms with E-state index in [0.717, 1.165) is 21.5 Å². The van der Waals surface area contributed by atoms with Crippen LogP contribution in [-0.2, 0) is 0 Å². The van der Waals surface area contributed by atoms with E-state index in [4.69, 9.17) is 10.2 Å². The Balaban J connectivity index is 2.04. The predicted octanol–water partition coefficient (Wildman–Crippen LogP) is 3.26. The van der Waals surface area contributed by atoms with Gasteiger partial charge in [-0.1, -0.05) is 0 Å². The number of pyridine rings is 1. The second-order valence-electron chi connectivity index (χ2n) is 3.90. The number of hydrogen-bond donors (Lipinski definition) is 1. The summed E-state index contributed by atoms with van der Waals surface area (Å²) in [7, 11) is 0. The fourth-order valence-electron chi connectivity index (χ4n) is 1.72. The third-order valence-corrected chi connectivity index (χ3v) is 3.52. The van der Waals surface area contributed by atoms with E-state index in [2.05, 4.69) is 9.97 Å². The first-order chi connectivity index (χ1) is 8.74. The fourth-order valence-corrected chi connectivity index (χ4v) is 2.55. The lowest BCUT2D eigenvalue weighted by atomic mass is 10.2. The Kier molecular flexibility index (Phi) is 2.68. The number of oxazole rings is 1. The van der Waals surface area contributed by atoms with Gasteiger partial charge in [-0.3, -0.25) is 4.98 Å². The third kappa shape index (κ3) is 1.93. The molecule has 0 fully saturated rings. The Labute approximate surface area is 108 Å². The van der Waals surface area contributed by atoms with Gasteiger partial charge in [0.05, 0.1) is 16.9 Å². The van der Waals surface area contributed by atoms with Crippen molar-refractivity contribution in [2.75, 3.05) is 5.73 Å². The lowest BCUT2D eigenvalue weighted by Gasteiger charge is -2.05. The summed E-state index contributed by atoms with van der Waals surface area (Å²) in [5, 5.41) is 1.55. The molecule has 0 saturated carbocycles. The second-order valence-corrected chi connectivity index (χ2v) is 4.90. The van der Waals surface area contributed by atoms with Crippen LogP contribution in [0.1, 0.15) is 5.69 Å². The summed E-state index contributed by atoms with van der Waals surface area (Å²) >= 11 is 1.42. The highest BCUT2D eigenvalue weighted by molar-refractivity contribution is 7.99. The molecule has 3 aromatic rings. The van der Waals surface area contributed by atoms with E-state index in [0.29, 0.717) is 10.9 Å². The van der Waals surface area contributed by atoms with E-state index in [1.54, 1.807) is 12.5 Å². The molecular weight excluding hydrogens is 246 g/mol. The van der Waals surface area contributed by atoms with Crippen LogP contribution in [-0.4, -0.2) is 9.97 Å². The van der Waals surface area contributed by atoms with Gasteiger partial charge in [0.25, 0.3) is 5.22 Å². The number of rotatable bonds is 2. The number of benzene rings is 1. The van der Waals surface area contributed by atoms with Gasteiger partial charge in [0.1, 0.15) is 6.26 Å². The molecule has 0 spiro atoms. The van der Waals surface area contributed by atoms with Crippen molar-refractivity contribution in [1.82, 2.24) is 9.97 Å². The Bertz CT molecular complexity index is 708. The highest BCUT2D eigenvalue weighted by Crippen LogP contribution is 2.35. The van der Waals surface area contributed by atoms with Gasteiger partial charge in [0.15, 0.2) is 0 Å². The molecule has 0 aliphatic rings. The fraction of sp³-hybridized carbons (Fsp3) is 0.0769. The SMILES string of the molecule is Cc1coc(Sc2ccc3ncccc3c2N)n1. The van der Waals surface area contributed by atoms with Crippen LogP contribution in [0.15, 0.2) is 51.3 Å². The van der Waals surface area contributed by atoms with Crippen LogP contribution in [0.3, 0.4) is 0 Å². The van der Waals surface area contributed by atoms with Crippen molar-refractivity contribution < 1.29 is 4.42 Å². The van der Waals surface area contributed by atoms with Crippen molar-refractivity contribution in [3.8, 4) is 0 Å². The van der Waals surface area contributed by atoms with Crippen LogP contribution in [0.2, 0.25) is 0 Å². The van der Waals surface area contributed by atoms with Crippen molar-refractivity contribution in [2.45, 2.75) is 17.0 Å². The molecule has 1 aromatic carbocycles. The van der Waals surface area contributed by atoms with Crippen LogP contribution in [0, 0.1) is 6.92 Å². The quantitative estimate of drug-likeness (QED) is 0.714.